The van der Waals surface area contributed by atoms with Gasteiger partial charge in [0.2, 0.25) is 5.91 Å². The predicted molar refractivity (Wildman–Crippen MR) is 97.0 cm³/mol. The van der Waals surface area contributed by atoms with E-state index in [4.69, 9.17) is 0 Å². The molecule has 3 rings (SSSR count). The first-order valence-corrected chi connectivity index (χ1v) is 8.95. The summed E-state index contributed by atoms with van der Waals surface area (Å²) in [5, 5.41) is 0. The second-order valence-corrected chi connectivity index (χ2v) is 7.04. The lowest BCUT2D eigenvalue weighted by molar-refractivity contribution is -0.133. The van der Waals surface area contributed by atoms with Crippen LogP contribution in [0.25, 0.3) is 11.0 Å². The highest BCUT2D eigenvalue weighted by atomic mass is 16.2. The number of fused-ring (bicyclic) bond motifs is 1. The average molecular weight is 328 g/mol. The van der Waals surface area contributed by atoms with Gasteiger partial charge in [0.1, 0.15) is 12.4 Å². The standard InChI is InChI=1S/C19H28N4O/c1-4-18-20-16-7-5-6-8-17(16)23(18)14-19(24)22-11-9-15(10-12-22)13-21(2)3/h5-8,15H,4,9-14H2,1-3H3. The van der Waals surface area contributed by atoms with Crippen LogP contribution in [0.3, 0.4) is 0 Å². The Kier molecular flexibility index (Phi) is 5.19. The van der Waals surface area contributed by atoms with Crippen LogP contribution in [-0.2, 0) is 17.8 Å². The van der Waals surface area contributed by atoms with E-state index in [9.17, 15) is 4.79 Å². The molecule has 1 aromatic carbocycles. The largest absolute Gasteiger partial charge is 0.341 e. The zero-order valence-electron chi connectivity index (χ0n) is 15.0. The average Bonchev–Trinajstić information content (AvgIpc) is 2.93. The van der Waals surface area contributed by atoms with Gasteiger partial charge in [-0.25, -0.2) is 4.98 Å². The Balaban J connectivity index is 1.68. The maximum absolute atomic E-state index is 12.8. The monoisotopic (exact) mass is 328 g/mol. The van der Waals surface area contributed by atoms with Crippen molar-refractivity contribution in [1.29, 1.82) is 0 Å². The Morgan fingerprint density at radius 2 is 1.96 bits per heavy atom. The third kappa shape index (κ3) is 3.61. The highest BCUT2D eigenvalue weighted by Gasteiger charge is 2.24. The van der Waals surface area contributed by atoms with E-state index < -0.39 is 0 Å². The van der Waals surface area contributed by atoms with Crippen LogP contribution in [0.4, 0.5) is 0 Å². The van der Waals surface area contributed by atoms with Crippen molar-refractivity contribution < 1.29 is 4.79 Å². The van der Waals surface area contributed by atoms with Crippen LogP contribution in [0.1, 0.15) is 25.6 Å². The lowest BCUT2D eigenvalue weighted by Crippen LogP contribution is -2.42. The summed E-state index contributed by atoms with van der Waals surface area (Å²) in [6, 6.07) is 8.08. The second kappa shape index (κ2) is 7.34. The number of likely N-dealkylation sites (tertiary alicyclic amines) is 1. The van der Waals surface area contributed by atoms with Gasteiger partial charge in [0.05, 0.1) is 11.0 Å². The molecule has 0 N–H and O–H groups in total. The Morgan fingerprint density at radius 1 is 1.25 bits per heavy atom. The molecule has 0 unspecified atom stereocenters. The van der Waals surface area contributed by atoms with E-state index >= 15 is 0 Å². The van der Waals surface area contributed by atoms with Crippen molar-refractivity contribution in [3.63, 3.8) is 0 Å². The molecule has 1 fully saturated rings. The number of carbonyl (C=O) groups excluding carboxylic acids is 1. The number of piperidine rings is 1. The molecule has 130 valence electrons. The van der Waals surface area contributed by atoms with Crippen LogP contribution >= 0.6 is 0 Å². The van der Waals surface area contributed by atoms with Crippen molar-refractivity contribution >= 4 is 16.9 Å². The maximum atomic E-state index is 12.8. The first-order valence-electron chi connectivity index (χ1n) is 8.95. The van der Waals surface area contributed by atoms with E-state index in [1.807, 2.05) is 23.1 Å². The van der Waals surface area contributed by atoms with Gasteiger partial charge in [0, 0.05) is 26.1 Å². The molecule has 1 amide bonds. The molecule has 0 atom stereocenters. The molecule has 0 spiro atoms. The predicted octanol–water partition coefficient (Wildman–Crippen LogP) is 2.40. The first-order chi connectivity index (χ1) is 11.6. The van der Waals surface area contributed by atoms with Crippen LogP contribution in [-0.4, -0.2) is 59.0 Å². The molecule has 1 saturated heterocycles. The molecule has 0 radical (unpaired) electrons. The number of aryl methyl sites for hydroxylation is 1. The van der Waals surface area contributed by atoms with Crippen molar-refractivity contribution in [2.45, 2.75) is 32.7 Å². The SMILES string of the molecule is CCc1nc2ccccc2n1CC(=O)N1CCC(CN(C)C)CC1. The first kappa shape index (κ1) is 17.0. The fraction of sp³-hybridized carbons (Fsp3) is 0.579. The smallest absolute Gasteiger partial charge is 0.242 e. The highest BCUT2D eigenvalue weighted by molar-refractivity contribution is 5.81. The minimum Gasteiger partial charge on any atom is -0.341 e. The van der Waals surface area contributed by atoms with E-state index in [1.54, 1.807) is 0 Å². The van der Waals surface area contributed by atoms with Gasteiger partial charge in [-0.3, -0.25) is 4.79 Å². The van der Waals surface area contributed by atoms with E-state index in [1.165, 1.54) is 0 Å². The molecule has 1 aliphatic rings. The fourth-order valence-electron chi connectivity index (χ4n) is 3.69. The molecule has 1 aliphatic heterocycles. The number of rotatable bonds is 5. The van der Waals surface area contributed by atoms with Gasteiger partial charge in [0.25, 0.3) is 0 Å². The fourth-order valence-corrected chi connectivity index (χ4v) is 3.69. The second-order valence-electron chi connectivity index (χ2n) is 7.04. The van der Waals surface area contributed by atoms with Crippen molar-refractivity contribution in [3.05, 3.63) is 30.1 Å². The van der Waals surface area contributed by atoms with Gasteiger partial charge < -0.3 is 14.4 Å². The van der Waals surface area contributed by atoms with Crippen molar-refractivity contribution in [2.24, 2.45) is 5.92 Å². The number of hydrogen-bond donors (Lipinski definition) is 0. The zero-order chi connectivity index (χ0) is 17.1. The minimum atomic E-state index is 0.219. The lowest BCUT2D eigenvalue weighted by Gasteiger charge is -2.33. The number of carbonyl (C=O) groups is 1. The summed E-state index contributed by atoms with van der Waals surface area (Å²) in [6.45, 7) is 5.38. The Hall–Kier alpha value is -1.88. The molecule has 5 heteroatoms. The normalized spacial score (nSPS) is 16.2. The summed E-state index contributed by atoms with van der Waals surface area (Å²) in [5.74, 6) is 1.92. The lowest BCUT2D eigenvalue weighted by atomic mass is 9.96. The third-order valence-electron chi connectivity index (χ3n) is 4.93. The van der Waals surface area contributed by atoms with Crippen molar-refractivity contribution in [1.82, 2.24) is 19.4 Å². The number of hydrogen-bond acceptors (Lipinski definition) is 3. The maximum Gasteiger partial charge on any atom is 0.242 e. The molecule has 2 heterocycles. The van der Waals surface area contributed by atoms with Crippen molar-refractivity contribution in [2.75, 3.05) is 33.7 Å². The Labute approximate surface area is 144 Å². The number of amides is 1. The van der Waals surface area contributed by atoms with E-state index in [2.05, 4.69) is 41.5 Å². The quantitative estimate of drug-likeness (QED) is 0.846. The Morgan fingerprint density at radius 3 is 2.62 bits per heavy atom. The van der Waals surface area contributed by atoms with Gasteiger partial charge in [-0.15, -0.1) is 0 Å². The van der Waals surface area contributed by atoms with Gasteiger partial charge in [0.15, 0.2) is 0 Å². The number of aromatic nitrogens is 2. The molecule has 0 saturated carbocycles. The van der Waals surface area contributed by atoms with E-state index in [0.29, 0.717) is 12.5 Å². The van der Waals surface area contributed by atoms with Gasteiger partial charge in [-0.1, -0.05) is 19.1 Å². The van der Waals surface area contributed by atoms with Crippen molar-refractivity contribution in [3.8, 4) is 0 Å². The molecule has 1 aromatic heterocycles. The van der Waals surface area contributed by atoms with Crippen LogP contribution in [0, 0.1) is 5.92 Å². The van der Waals surface area contributed by atoms with Crippen LogP contribution in [0.5, 0.6) is 0 Å². The number of para-hydroxylation sites is 2. The molecular formula is C19H28N4O. The summed E-state index contributed by atoms with van der Waals surface area (Å²) >= 11 is 0. The van der Waals surface area contributed by atoms with Crippen LogP contribution < -0.4 is 0 Å². The molecule has 0 bridgehead atoms. The summed E-state index contributed by atoms with van der Waals surface area (Å²) in [7, 11) is 4.24. The van der Waals surface area contributed by atoms with Crippen LogP contribution in [0.15, 0.2) is 24.3 Å². The van der Waals surface area contributed by atoms with Gasteiger partial charge >= 0.3 is 0 Å². The molecule has 0 aliphatic carbocycles. The van der Waals surface area contributed by atoms with E-state index in [-0.39, 0.29) is 5.91 Å². The van der Waals surface area contributed by atoms with E-state index in [0.717, 1.165) is 55.8 Å². The topological polar surface area (TPSA) is 41.4 Å². The Bertz CT molecular complexity index is 698. The highest BCUT2D eigenvalue weighted by Crippen LogP contribution is 2.20. The van der Waals surface area contributed by atoms with Crippen LogP contribution in [0.2, 0.25) is 0 Å². The number of imidazole rings is 1. The molecule has 5 nitrogen and oxygen atoms in total. The number of nitrogens with zero attached hydrogens (tertiary/aromatic N) is 4. The molecular weight excluding hydrogens is 300 g/mol. The summed E-state index contributed by atoms with van der Waals surface area (Å²) in [4.78, 5) is 21.7. The van der Waals surface area contributed by atoms with Gasteiger partial charge in [-0.05, 0) is 45.0 Å². The molecule has 24 heavy (non-hydrogen) atoms. The summed E-state index contributed by atoms with van der Waals surface area (Å²) in [5.41, 5.74) is 2.04. The van der Waals surface area contributed by atoms with Gasteiger partial charge in [-0.2, -0.15) is 0 Å². The summed E-state index contributed by atoms with van der Waals surface area (Å²) in [6.07, 6.45) is 3.05. The molecule has 2 aromatic rings. The third-order valence-corrected chi connectivity index (χ3v) is 4.93. The zero-order valence-corrected chi connectivity index (χ0v) is 15.0. The minimum absolute atomic E-state index is 0.219. The summed E-state index contributed by atoms with van der Waals surface area (Å²) < 4.78 is 2.09. The number of benzene rings is 1.